The summed E-state index contributed by atoms with van der Waals surface area (Å²) in [6, 6.07) is 8.51. The van der Waals surface area contributed by atoms with Crippen molar-refractivity contribution in [1.29, 1.82) is 0 Å². The molecule has 0 aliphatic carbocycles. The predicted octanol–water partition coefficient (Wildman–Crippen LogP) is 3.43. The first-order valence-corrected chi connectivity index (χ1v) is 6.44. The average molecular weight is 230 g/mol. The highest BCUT2D eigenvalue weighted by Crippen LogP contribution is 2.31. The van der Waals surface area contributed by atoms with Crippen LogP contribution in [0, 0.1) is 5.92 Å². The lowest BCUT2D eigenvalue weighted by Gasteiger charge is -2.16. The minimum atomic E-state index is 0.545. The van der Waals surface area contributed by atoms with E-state index in [2.05, 4.69) is 50.0 Å². The van der Waals surface area contributed by atoms with Crippen LogP contribution >= 0.6 is 0 Å². The van der Waals surface area contributed by atoms with Gasteiger partial charge in [-0.05, 0) is 36.4 Å². The van der Waals surface area contributed by atoms with Gasteiger partial charge in [-0.15, -0.1) is 0 Å². The van der Waals surface area contributed by atoms with Crippen molar-refractivity contribution in [3.63, 3.8) is 0 Å². The molecule has 0 fully saturated rings. The highest BCUT2D eigenvalue weighted by atomic mass is 14.7. The number of rotatable bonds is 4. The van der Waals surface area contributed by atoms with Gasteiger partial charge in [0.15, 0.2) is 0 Å². The third-order valence-corrected chi connectivity index (χ3v) is 3.70. The summed E-state index contributed by atoms with van der Waals surface area (Å²) in [5, 5.41) is 1.33. The second-order valence-corrected chi connectivity index (χ2v) is 5.13. The summed E-state index contributed by atoms with van der Waals surface area (Å²) in [4.78, 5) is 3.57. The molecule has 2 aromatic rings. The number of aromatic nitrogens is 1. The van der Waals surface area contributed by atoms with Gasteiger partial charge in [-0.25, -0.2) is 0 Å². The van der Waals surface area contributed by atoms with Gasteiger partial charge in [0, 0.05) is 16.6 Å². The lowest BCUT2D eigenvalue weighted by Crippen LogP contribution is -2.09. The number of nitrogens with two attached hydrogens (primary N) is 1. The van der Waals surface area contributed by atoms with Crippen LogP contribution in [0.15, 0.2) is 24.3 Å². The Balaban J connectivity index is 2.57. The molecule has 0 saturated heterocycles. The van der Waals surface area contributed by atoms with Crippen molar-refractivity contribution in [3.05, 3.63) is 35.5 Å². The molecule has 0 spiro atoms. The van der Waals surface area contributed by atoms with E-state index in [1.54, 1.807) is 0 Å². The molecule has 1 unspecified atom stereocenters. The van der Waals surface area contributed by atoms with Gasteiger partial charge in [-0.1, -0.05) is 39.0 Å². The monoisotopic (exact) mass is 230 g/mol. The van der Waals surface area contributed by atoms with E-state index in [-0.39, 0.29) is 0 Å². The minimum Gasteiger partial charge on any atom is -0.358 e. The van der Waals surface area contributed by atoms with Crippen molar-refractivity contribution < 1.29 is 0 Å². The fraction of sp³-hybridized carbons (Fsp3) is 0.467. The molecule has 0 amide bonds. The SMILES string of the molecule is CC(C)C(C)c1[nH]c2ccccc2c1CCN. The van der Waals surface area contributed by atoms with E-state index >= 15 is 0 Å². The maximum atomic E-state index is 5.74. The second-order valence-electron chi connectivity index (χ2n) is 5.13. The van der Waals surface area contributed by atoms with Crippen LogP contribution in [-0.2, 0) is 6.42 Å². The van der Waals surface area contributed by atoms with Gasteiger partial charge in [0.2, 0.25) is 0 Å². The minimum absolute atomic E-state index is 0.545. The molecule has 2 nitrogen and oxygen atoms in total. The molecule has 2 heteroatoms. The topological polar surface area (TPSA) is 41.8 Å². The fourth-order valence-electron chi connectivity index (χ4n) is 2.36. The van der Waals surface area contributed by atoms with E-state index < -0.39 is 0 Å². The first-order chi connectivity index (χ1) is 8.15. The Hall–Kier alpha value is -1.28. The molecule has 1 heterocycles. The van der Waals surface area contributed by atoms with Gasteiger partial charge in [-0.2, -0.15) is 0 Å². The van der Waals surface area contributed by atoms with E-state index in [0.717, 1.165) is 6.42 Å². The molecule has 0 saturated carbocycles. The molecule has 0 radical (unpaired) electrons. The maximum absolute atomic E-state index is 5.74. The third kappa shape index (κ3) is 2.22. The molecule has 2 rings (SSSR count). The van der Waals surface area contributed by atoms with Gasteiger partial charge in [0.1, 0.15) is 0 Å². The quantitative estimate of drug-likeness (QED) is 0.830. The van der Waals surface area contributed by atoms with Crippen LogP contribution < -0.4 is 5.73 Å². The molecule has 1 aromatic carbocycles. The molecular formula is C15H22N2. The average Bonchev–Trinajstić information content (AvgIpc) is 2.68. The van der Waals surface area contributed by atoms with Gasteiger partial charge in [-0.3, -0.25) is 0 Å². The first-order valence-electron chi connectivity index (χ1n) is 6.44. The highest BCUT2D eigenvalue weighted by Gasteiger charge is 2.18. The Morgan fingerprint density at radius 3 is 2.53 bits per heavy atom. The van der Waals surface area contributed by atoms with Gasteiger partial charge >= 0.3 is 0 Å². The summed E-state index contributed by atoms with van der Waals surface area (Å²) in [5.41, 5.74) is 9.75. The zero-order valence-electron chi connectivity index (χ0n) is 11.0. The van der Waals surface area contributed by atoms with Crippen molar-refractivity contribution in [2.75, 3.05) is 6.54 Å². The number of hydrogen-bond acceptors (Lipinski definition) is 1. The maximum Gasteiger partial charge on any atom is 0.0459 e. The van der Waals surface area contributed by atoms with Crippen molar-refractivity contribution in [3.8, 4) is 0 Å². The van der Waals surface area contributed by atoms with Crippen molar-refractivity contribution in [1.82, 2.24) is 4.98 Å². The van der Waals surface area contributed by atoms with E-state index in [4.69, 9.17) is 5.73 Å². The van der Waals surface area contributed by atoms with Crippen LogP contribution in [0.4, 0.5) is 0 Å². The van der Waals surface area contributed by atoms with Gasteiger partial charge < -0.3 is 10.7 Å². The number of para-hydroxylation sites is 1. The molecular weight excluding hydrogens is 208 g/mol. The Bertz CT molecular complexity index is 497. The zero-order chi connectivity index (χ0) is 12.4. The van der Waals surface area contributed by atoms with Crippen LogP contribution in [-0.4, -0.2) is 11.5 Å². The number of nitrogens with one attached hydrogen (secondary N) is 1. The number of hydrogen-bond donors (Lipinski definition) is 2. The molecule has 0 bridgehead atoms. The Kier molecular flexibility index (Phi) is 3.53. The molecule has 1 aromatic heterocycles. The van der Waals surface area contributed by atoms with Crippen molar-refractivity contribution in [2.24, 2.45) is 11.7 Å². The number of benzene rings is 1. The molecule has 3 N–H and O–H groups in total. The van der Waals surface area contributed by atoms with Crippen LogP contribution in [0.1, 0.15) is 37.9 Å². The Labute approximate surface area is 103 Å². The molecule has 1 atom stereocenters. The summed E-state index contributed by atoms with van der Waals surface area (Å²) in [6.45, 7) is 7.53. The Morgan fingerprint density at radius 1 is 1.18 bits per heavy atom. The normalized spacial score (nSPS) is 13.5. The summed E-state index contributed by atoms with van der Waals surface area (Å²) >= 11 is 0. The summed E-state index contributed by atoms with van der Waals surface area (Å²) in [5.74, 6) is 1.18. The largest absolute Gasteiger partial charge is 0.358 e. The third-order valence-electron chi connectivity index (χ3n) is 3.70. The number of fused-ring (bicyclic) bond motifs is 1. The second kappa shape index (κ2) is 4.92. The molecule has 92 valence electrons. The smallest absolute Gasteiger partial charge is 0.0459 e. The van der Waals surface area contributed by atoms with Gasteiger partial charge in [0.25, 0.3) is 0 Å². The summed E-state index contributed by atoms with van der Waals surface area (Å²) in [6.07, 6.45) is 0.955. The zero-order valence-corrected chi connectivity index (χ0v) is 11.0. The lowest BCUT2D eigenvalue weighted by atomic mass is 9.91. The molecule has 17 heavy (non-hydrogen) atoms. The summed E-state index contributed by atoms with van der Waals surface area (Å²) < 4.78 is 0. The number of aromatic amines is 1. The predicted molar refractivity (Wildman–Crippen MR) is 74.3 cm³/mol. The molecule has 0 aliphatic heterocycles. The van der Waals surface area contributed by atoms with E-state index in [1.807, 2.05) is 0 Å². The number of H-pyrrole nitrogens is 1. The standard InChI is InChI=1S/C15H22N2/c1-10(2)11(3)15-13(8-9-16)12-6-4-5-7-14(12)17-15/h4-7,10-11,17H,8-9,16H2,1-3H3. The first kappa shape index (κ1) is 12.2. The van der Waals surface area contributed by atoms with Crippen LogP contribution in [0.2, 0.25) is 0 Å². The molecule has 0 aliphatic rings. The lowest BCUT2D eigenvalue weighted by molar-refractivity contribution is 0.522. The van der Waals surface area contributed by atoms with Crippen molar-refractivity contribution in [2.45, 2.75) is 33.1 Å². The fourth-order valence-corrected chi connectivity index (χ4v) is 2.36. The van der Waals surface area contributed by atoms with Crippen molar-refractivity contribution >= 4 is 10.9 Å². The van der Waals surface area contributed by atoms with E-state index in [0.29, 0.717) is 18.4 Å². The van der Waals surface area contributed by atoms with Gasteiger partial charge in [0.05, 0.1) is 0 Å². The Morgan fingerprint density at radius 2 is 1.88 bits per heavy atom. The summed E-state index contributed by atoms with van der Waals surface area (Å²) in [7, 11) is 0. The van der Waals surface area contributed by atoms with E-state index in [9.17, 15) is 0 Å². The van der Waals surface area contributed by atoms with Crippen LogP contribution in [0.3, 0.4) is 0 Å². The highest BCUT2D eigenvalue weighted by molar-refractivity contribution is 5.84. The van der Waals surface area contributed by atoms with Crippen LogP contribution in [0.5, 0.6) is 0 Å². The van der Waals surface area contributed by atoms with Crippen LogP contribution in [0.25, 0.3) is 10.9 Å². The van der Waals surface area contributed by atoms with E-state index in [1.165, 1.54) is 22.2 Å².